The summed E-state index contributed by atoms with van der Waals surface area (Å²) in [5.41, 5.74) is 2.82. The number of nitrogens with one attached hydrogen (secondary N) is 1. The number of nitrogens with zero attached hydrogens (tertiary/aromatic N) is 3. The van der Waals surface area contributed by atoms with Crippen LogP contribution in [0.1, 0.15) is 11.1 Å². The number of ether oxygens (including phenoxy) is 1. The van der Waals surface area contributed by atoms with E-state index in [1.807, 2.05) is 0 Å². The number of carbonyl (C=O) groups is 1. The van der Waals surface area contributed by atoms with Crippen LogP contribution < -0.4 is 5.43 Å². The van der Waals surface area contributed by atoms with Gasteiger partial charge in [0.25, 0.3) is 0 Å². The molecule has 2 aromatic heterocycles. The van der Waals surface area contributed by atoms with Crippen LogP contribution in [0, 0.1) is 0 Å². The lowest BCUT2D eigenvalue weighted by molar-refractivity contribution is -0.137. The quantitative estimate of drug-likeness (QED) is 0.761. The van der Waals surface area contributed by atoms with Gasteiger partial charge in [0.05, 0.1) is 5.56 Å². The second-order valence-corrected chi connectivity index (χ2v) is 5.62. The molecule has 0 unspecified atom stereocenters. The lowest BCUT2D eigenvalue weighted by Gasteiger charge is -2.17. The summed E-state index contributed by atoms with van der Waals surface area (Å²) in [7, 11) is 0. The summed E-state index contributed by atoms with van der Waals surface area (Å²) in [6.45, 7) is -0.191. The van der Waals surface area contributed by atoms with Crippen LogP contribution >= 0.6 is 0 Å². The molecule has 0 atom stereocenters. The maximum absolute atomic E-state index is 13.6. The molecule has 0 saturated carbocycles. The number of hydrogen-bond acceptors (Lipinski definition) is 4. The molecule has 0 saturated heterocycles. The van der Waals surface area contributed by atoms with E-state index in [0.29, 0.717) is 11.2 Å². The van der Waals surface area contributed by atoms with Crippen molar-refractivity contribution >= 4 is 17.5 Å². The van der Waals surface area contributed by atoms with Crippen LogP contribution in [0.3, 0.4) is 0 Å². The van der Waals surface area contributed by atoms with Crippen molar-refractivity contribution < 1.29 is 22.7 Å². The molecular formula is C17H11F3N4O2. The van der Waals surface area contributed by atoms with E-state index in [9.17, 15) is 18.0 Å². The van der Waals surface area contributed by atoms with E-state index in [2.05, 4.69) is 15.5 Å². The summed E-state index contributed by atoms with van der Waals surface area (Å²) in [5, 5.41) is 3.75. The number of pyridine rings is 1. The molecule has 9 heteroatoms. The minimum absolute atomic E-state index is 0.0400. The first-order chi connectivity index (χ1) is 12.4. The van der Waals surface area contributed by atoms with Gasteiger partial charge in [-0.25, -0.2) is 15.2 Å². The molecule has 3 heterocycles. The Morgan fingerprint density at radius 2 is 1.96 bits per heavy atom. The molecular weight excluding hydrogens is 349 g/mol. The lowest BCUT2D eigenvalue weighted by atomic mass is 9.96. The first-order valence-corrected chi connectivity index (χ1v) is 7.56. The molecule has 0 bridgehead atoms. The first kappa shape index (κ1) is 16.1. The third kappa shape index (κ3) is 2.87. The van der Waals surface area contributed by atoms with Crippen LogP contribution in [0.2, 0.25) is 0 Å². The molecule has 6 nitrogen and oxygen atoms in total. The van der Waals surface area contributed by atoms with Crippen LogP contribution in [0.25, 0.3) is 16.8 Å². The van der Waals surface area contributed by atoms with E-state index in [1.54, 1.807) is 35.1 Å². The summed E-state index contributed by atoms with van der Waals surface area (Å²) in [5.74, 6) is 0. The standard InChI is InChI=1S/C17H11F3N4O2/c18-17(19,20)13-7-10(14-9-26-16(25)23-22-14)1-3-12(13)11-2-4-15-21-5-6-24(15)8-11/h1-8H,9H2,(H,23,25). The molecule has 4 rings (SSSR count). The average molecular weight is 360 g/mol. The molecule has 0 spiro atoms. The maximum Gasteiger partial charge on any atom is 0.428 e. The van der Waals surface area contributed by atoms with Crippen molar-refractivity contribution in [2.45, 2.75) is 6.18 Å². The number of carbonyl (C=O) groups excluding carboxylic acids is 1. The Kier molecular flexibility index (Phi) is 3.64. The predicted molar refractivity (Wildman–Crippen MR) is 86.7 cm³/mol. The van der Waals surface area contributed by atoms with Gasteiger partial charge in [-0.1, -0.05) is 12.1 Å². The van der Waals surface area contributed by atoms with Gasteiger partial charge in [-0.3, -0.25) is 0 Å². The number of rotatable bonds is 2. The number of hydrazone groups is 1. The minimum Gasteiger partial charge on any atom is -0.442 e. The SMILES string of the molecule is O=C1NN=C(c2ccc(-c3ccc4nccn4c3)c(C(F)(F)F)c2)CO1. The number of halogens is 3. The van der Waals surface area contributed by atoms with Gasteiger partial charge in [0, 0.05) is 24.2 Å². The number of imidazole rings is 1. The van der Waals surface area contributed by atoms with Crippen LogP contribution in [0.5, 0.6) is 0 Å². The van der Waals surface area contributed by atoms with Gasteiger partial charge in [-0.05, 0) is 29.3 Å². The van der Waals surface area contributed by atoms with Crippen molar-refractivity contribution in [2.75, 3.05) is 6.61 Å². The third-order valence-electron chi connectivity index (χ3n) is 3.98. The minimum atomic E-state index is -4.56. The molecule has 1 amide bonds. The number of hydrogen-bond donors (Lipinski definition) is 1. The first-order valence-electron chi connectivity index (χ1n) is 7.56. The summed E-state index contributed by atoms with van der Waals surface area (Å²) in [6, 6.07) is 7.15. The third-order valence-corrected chi connectivity index (χ3v) is 3.98. The second kappa shape index (κ2) is 5.87. The fourth-order valence-electron chi connectivity index (χ4n) is 2.75. The van der Waals surface area contributed by atoms with Gasteiger partial charge in [0.1, 0.15) is 18.0 Å². The number of cyclic esters (lactones) is 1. The van der Waals surface area contributed by atoms with Crippen molar-refractivity contribution in [1.29, 1.82) is 0 Å². The average Bonchev–Trinajstić information content (AvgIpc) is 3.09. The van der Waals surface area contributed by atoms with Gasteiger partial charge in [-0.2, -0.15) is 18.3 Å². The van der Waals surface area contributed by atoms with Gasteiger partial charge in [0.15, 0.2) is 0 Å². The summed E-state index contributed by atoms with van der Waals surface area (Å²) < 4.78 is 47.3. The second-order valence-electron chi connectivity index (χ2n) is 5.62. The molecule has 1 aliphatic heterocycles. The number of fused-ring (bicyclic) bond motifs is 1. The monoisotopic (exact) mass is 360 g/mol. The topological polar surface area (TPSA) is 68.0 Å². The highest BCUT2D eigenvalue weighted by atomic mass is 19.4. The highest BCUT2D eigenvalue weighted by molar-refractivity contribution is 6.04. The Balaban J connectivity index is 1.83. The molecule has 132 valence electrons. The lowest BCUT2D eigenvalue weighted by Crippen LogP contribution is -2.30. The van der Waals surface area contributed by atoms with Crippen LogP contribution in [-0.4, -0.2) is 27.8 Å². The van der Waals surface area contributed by atoms with Crippen LogP contribution in [0.15, 0.2) is 54.0 Å². The van der Waals surface area contributed by atoms with E-state index >= 15 is 0 Å². The van der Waals surface area contributed by atoms with Crippen molar-refractivity contribution in [2.24, 2.45) is 5.10 Å². The molecule has 1 aliphatic rings. The number of benzene rings is 1. The largest absolute Gasteiger partial charge is 0.442 e. The van der Waals surface area contributed by atoms with Crippen molar-refractivity contribution in [1.82, 2.24) is 14.8 Å². The van der Waals surface area contributed by atoms with Crippen LogP contribution in [0.4, 0.5) is 18.0 Å². The smallest absolute Gasteiger partial charge is 0.428 e. The molecule has 0 radical (unpaired) electrons. The fraction of sp³-hybridized carbons (Fsp3) is 0.118. The zero-order valence-electron chi connectivity index (χ0n) is 13.1. The van der Waals surface area contributed by atoms with Gasteiger partial charge >= 0.3 is 12.3 Å². The molecule has 26 heavy (non-hydrogen) atoms. The Morgan fingerprint density at radius 1 is 1.15 bits per heavy atom. The van der Waals surface area contributed by atoms with E-state index in [4.69, 9.17) is 4.74 Å². The van der Waals surface area contributed by atoms with E-state index in [0.717, 1.165) is 6.07 Å². The highest BCUT2D eigenvalue weighted by Crippen LogP contribution is 2.38. The van der Waals surface area contributed by atoms with Gasteiger partial charge in [-0.15, -0.1) is 0 Å². The molecule has 1 N–H and O–H groups in total. The van der Waals surface area contributed by atoms with Crippen LogP contribution in [-0.2, 0) is 10.9 Å². The molecule has 0 aliphatic carbocycles. The predicted octanol–water partition coefficient (Wildman–Crippen LogP) is 3.46. The zero-order valence-corrected chi connectivity index (χ0v) is 13.1. The molecule has 0 fully saturated rings. The highest BCUT2D eigenvalue weighted by Gasteiger charge is 2.34. The summed E-state index contributed by atoms with van der Waals surface area (Å²) in [4.78, 5) is 15.0. The van der Waals surface area contributed by atoms with E-state index < -0.39 is 17.8 Å². The number of amides is 1. The Bertz CT molecular complexity index is 1040. The Morgan fingerprint density at radius 3 is 2.69 bits per heavy atom. The van der Waals surface area contributed by atoms with E-state index in [1.165, 1.54) is 12.1 Å². The number of aromatic nitrogens is 2. The maximum atomic E-state index is 13.6. The van der Waals surface area contributed by atoms with Gasteiger partial charge < -0.3 is 9.14 Å². The van der Waals surface area contributed by atoms with Gasteiger partial charge in [0.2, 0.25) is 0 Å². The summed E-state index contributed by atoms with van der Waals surface area (Å²) in [6.07, 6.45) is -0.475. The molecule has 1 aromatic carbocycles. The normalized spacial score (nSPS) is 14.7. The zero-order chi connectivity index (χ0) is 18.3. The van der Waals surface area contributed by atoms with Crippen molar-refractivity contribution in [3.05, 3.63) is 60.0 Å². The van der Waals surface area contributed by atoms with Crippen molar-refractivity contribution in [3.8, 4) is 11.1 Å². The van der Waals surface area contributed by atoms with Crippen molar-refractivity contribution in [3.63, 3.8) is 0 Å². The van der Waals surface area contributed by atoms with E-state index in [-0.39, 0.29) is 23.4 Å². The summed E-state index contributed by atoms with van der Waals surface area (Å²) >= 11 is 0. The fourth-order valence-corrected chi connectivity index (χ4v) is 2.75. The molecule has 3 aromatic rings. The number of alkyl halides is 3. The Hall–Kier alpha value is -3.36. The Labute approximate surface area is 144 Å².